The predicted molar refractivity (Wildman–Crippen MR) is 66.3 cm³/mol. The lowest BCUT2D eigenvalue weighted by atomic mass is 9.94. The molecule has 0 atom stereocenters. The average Bonchev–Trinajstić information content (AvgIpc) is 2.37. The molecule has 1 rings (SSSR count). The molecule has 0 unspecified atom stereocenters. The van der Waals surface area contributed by atoms with E-state index in [4.69, 9.17) is 15.3 Å². The lowest BCUT2D eigenvalue weighted by Crippen LogP contribution is -2.14. The summed E-state index contributed by atoms with van der Waals surface area (Å²) in [6, 6.07) is 1.94. The number of aldehydes is 1. The fourth-order valence-electron chi connectivity index (χ4n) is 1.82. The predicted octanol–water partition coefficient (Wildman–Crippen LogP) is 1.30. The van der Waals surface area contributed by atoms with E-state index in [2.05, 4.69) is 0 Å². The molecule has 0 aliphatic carbocycles. The average molecular weight is 280 g/mol. The summed E-state index contributed by atoms with van der Waals surface area (Å²) in [6.45, 7) is 0. The van der Waals surface area contributed by atoms with Crippen molar-refractivity contribution in [2.45, 2.75) is 19.3 Å². The standard InChI is InChI=1S/C13H12O7/c14-4-2-1-3-7-5-8(11(15)16)6-9(12(17)18)10(7)13(19)20/h4-6H,1-3H2,(H,15,16)(H,17,18)(H,19,20). The number of carboxylic acid groups (broad SMARTS) is 3. The van der Waals surface area contributed by atoms with Crippen molar-refractivity contribution in [3.8, 4) is 0 Å². The monoisotopic (exact) mass is 280 g/mol. The zero-order chi connectivity index (χ0) is 15.3. The van der Waals surface area contributed by atoms with E-state index < -0.39 is 29.0 Å². The highest BCUT2D eigenvalue weighted by Gasteiger charge is 2.23. The van der Waals surface area contributed by atoms with E-state index in [0.717, 1.165) is 12.1 Å². The zero-order valence-corrected chi connectivity index (χ0v) is 10.3. The van der Waals surface area contributed by atoms with E-state index in [0.29, 0.717) is 12.7 Å². The lowest BCUT2D eigenvalue weighted by Gasteiger charge is -2.10. The van der Waals surface area contributed by atoms with Gasteiger partial charge in [0.2, 0.25) is 0 Å². The molecule has 0 saturated carbocycles. The van der Waals surface area contributed by atoms with Gasteiger partial charge >= 0.3 is 17.9 Å². The first-order chi connectivity index (χ1) is 9.38. The highest BCUT2D eigenvalue weighted by atomic mass is 16.4. The van der Waals surface area contributed by atoms with E-state index in [-0.39, 0.29) is 24.0 Å². The fraction of sp³-hybridized carbons (Fsp3) is 0.231. The van der Waals surface area contributed by atoms with Gasteiger partial charge in [-0.2, -0.15) is 0 Å². The van der Waals surface area contributed by atoms with E-state index in [1.165, 1.54) is 0 Å². The summed E-state index contributed by atoms with van der Waals surface area (Å²) < 4.78 is 0. The van der Waals surface area contributed by atoms with Crippen LogP contribution in [0.15, 0.2) is 12.1 Å². The minimum Gasteiger partial charge on any atom is -0.478 e. The molecule has 0 aliphatic heterocycles. The van der Waals surface area contributed by atoms with Gasteiger partial charge in [-0.15, -0.1) is 0 Å². The Morgan fingerprint density at radius 3 is 2.10 bits per heavy atom. The van der Waals surface area contributed by atoms with E-state index >= 15 is 0 Å². The highest BCUT2D eigenvalue weighted by Crippen LogP contribution is 2.20. The first-order valence-electron chi connectivity index (χ1n) is 5.69. The van der Waals surface area contributed by atoms with Gasteiger partial charge in [0.25, 0.3) is 0 Å². The Bertz CT molecular complexity index is 574. The Hall–Kier alpha value is -2.70. The molecule has 106 valence electrons. The molecule has 0 bridgehead atoms. The molecular weight excluding hydrogens is 268 g/mol. The zero-order valence-electron chi connectivity index (χ0n) is 10.3. The number of aromatic carboxylic acids is 3. The number of hydrogen-bond donors (Lipinski definition) is 3. The molecule has 20 heavy (non-hydrogen) atoms. The summed E-state index contributed by atoms with van der Waals surface area (Å²) in [7, 11) is 0. The van der Waals surface area contributed by atoms with Crippen LogP contribution in [0.2, 0.25) is 0 Å². The van der Waals surface area contributed by atoms with Gasteiger partial charge in [-0.1, -0.05) is 0 Å². The Balaban J connectivity index is 3.42. The second-order valence-electron chi connectivity index (χ2n) is 4.03. The number of carboxylic acids is 3. The maximum atomic E-state index is 11.2. The molecule has 0 amide bonds. The minimum absolute atomic E-state index is 0.0941. The van der Waals surface area contributed by atoms with Crippen LogP contribution in [0.25, 0.3) is 0 Å². The topological polar surface area (TPSA) is 129 Å². The van der Waals surface area contributed by atoms with Crippen molar-refractivity contribution in [1.29, 1.82) is 0 Å². The summed E-state index contributed by atoms with van der Waals surface area (Å²) in [6.07, 6.45) is 1.26. The maximum Gasteiger partial charge on any atom is 0.336 e. The number of unbranched alkanes of at least 4 members (excludes halogenated alkanes) is 1. The molecule has 3 N–H and O–H groups in total. The SMILES string of the molecule is O=CCCCc1cc(C(=O)O)cc(C(=O)O)c1C(=O)O. The molecule has 7 heteroatoms. The van der Waals surface area contributed by atoms with Crippen molar-refractivity contribution in [3.63, 3.8) is 0 Å². The number of benzene rings is 1. The second-order valence-corrected chi connectivity index (χ2v) is 4.03. The van der Waals surface area contributed by atoms with Crippen LogP contribution < -0.4 is 0 Å². The van der Waals surface area contributed by atoms with Gasteiger partial charge in [0, 0.05) is 6.42 Å². The van der Waals surface area contributed by atoms with Gasteiger partial charge in [0.05, 0.1) is 16.7 Å². The normalized spacial score (nSPS) is 10.0. The molecule has 0 fully saturated rings. The van der Waals surface area contributed by atoms with Gasteiger partial charge in [0.15, 0.2) is 0 Å². The number of hydrogen-bond acceptors (Lipinski definition) is 4. The molecule has 0 spiro atoms. The van der Waals surface area contributed by atoms with Gasteiger partial charge in [-0.3, -0.25) is 0 Å². The molecule has 1 aromatic carbocycles. The Kier molecular flexibility index (Phi) is 4.96. The molecule has 7 nitrogen and oxygen atoms in total. The quantitative estimate of drug-likeness (QED) is 0.507. The van der Waals surface area contributed by atoms with E-state index in [1.54, 1.807) is 0 Å². The van der Waals surface area contributed by atoms with Crippen molar-refractivity contribution in [2.75, 3.05) is 0 Å². The van der Waals surface area contributed by atoms with Gasteiger partial charge in [0.1, 0.15) is 6.29 Å². The maximum absolute atomic E-state index is 11.2. The van der Waals surface area contributed by atoms with Crippen LogP contribution in [0.1, 0.15) is 49.5 Å². The Labute approximate surface area is 113 Å². The van der Waals surface area contributed by atoms with Crippen LogP contribution in [-0.2, 0) is 11.2 Å². The summed E-state index contributed by atoms with van der Waals surface area (Å²) >= 11 is 0. The van der Waals surface area contributed by atoms with E-state index in [9.17, 15) is 19.2 Å². The third-order valence-corrected chi connectivity index (χ3v) is 2.68. The van der Waals surface area contributed by atoms with Crippen molar-refractivity contribution in [1.82, 2.24) is 0 Å². The van der Waals surface area contributed by atoms with E-state index in [1.807, 2.05) is 0 Å². The fourth-order valence-corrected chi connectivity index (χ4v) is 1.82. The van der Waals surface area contributed by atoms with Crippen LogP contribution in [0, 0.1) is 0 Å². The molecule has 0 aromatic heterocycles. The van der Waals surface area contributed by atoms with Crippen molar-refractivity contribution in [3.05, 3.63) is 34.4 Å². The van der Waals surface area contributed by atoms with Crippen LogP contribution in [0.5, 0.6) is 0 Å². The Morgan fingerprint density at radius 1 is 1.00 bits per heavy atom. The molecule has 0 aliphatic rings. The van der Waals surface area contributed by atoms with Crippen molar-refractivity contribution < 1.29 is 34.5 Å². The summed E-state index contributed by atoms with van der Waals surface area (Å²) in [5, 5.41) is 27.0. The third kappa shape index (κ3) is 3.41. The van der Waals surface area contributed by atoms with Crippen molar-refractivity contribution in [2.24, 2.45) is 0 Å². The second kappa shape index (κ2) is 6.46. The molecular formula is C13H12O7. The van der Waals surface area contributed by atoms with Crippen LogP contribution >= 0.6 is 0 Å². The molecule has 0 radical (unpaired) electrons. The largest absolute Gasteiger partial charge is 0.478 e. The first-order valence-corrected chi connectivity index (χ1v) is 5.69. The molecule has 0 heterocycles. The van der Waals surface area contributed by atoms with Crippen molar-refractivity contribution >= 4 is 24.2 Å². The third-order valence-electron chi connectivity index (χ3n) is 2.68. The van der Waals surface area contributed by atoms with Gasteiger partial charge in [-0.05, 0) is 30.5 Å². The Morgan fingerprint density at radius 2 is 1.65 bits per heavy atom. The summed E-state index contributed by atoms with van der Waals surface area (Å²) in [5.41, 5.74) is -1.21. The summed E-state index contributed by atoms with van der Waals surface area (Å²) in [4.78, 5) is 43.5. The molecule has 1 aromatic rings. The summed E-state index contributed by atoms with van der Waals surface area (Å²) in [5.74, 6) is -4.30. The number of aryl methyl sites for hydroxylation is 1. The number of carbonyl (C=O) groups is 4. The van der Waals surface area contributed by atoms with Crippen LogP contribution in [0.3, 0.4) is 0 Å². The number of carbonyl (C=O) groups excluding carboxylic acids is 1. The minimum atomic E-state index is -1.51. The molecule has 0 saturated heterocycles. The highest BCUT2D eigenvalue weighted by molar-refractivity contribution is 6.05. The lowest BCUT2D eigenvalue weighted by molar-refractivity contribution is -0.107. The smallest absolute Gasteiger partial charge is 0.336 e. The van der Waals surface area contributed by atoms with Crippen LogP contribution in [0.4, 0.5) is 0 Å². The first kappa shape index (κ1) is 15.4. The number of rotatable bonds is 7. The van der Waals surface area contributed by atoms with Crippen LogP contribution in [-0.4, -0.2) is 39.5 Å². The van der Waals surface area contributed by atoms with Gasteiger partial charge < -0.3 is 20.1 Å². The van der Waals surface area contributed by atoms with Gasteiger partial charge in [-0.25, -0.2) is 14.4 Å².